The number of anilines is 1. The molecule has 0 bridgehead atoms. The Morgan fingerprint density at radius 1 is 1.11 bits per heavy atom. The number of piperidine rings is 1. The molecule has 3 aromatic rings. The van der Waals surface area contributed by atoms with Crippen LogP contribution in [0.5, 0.6) is 0 Å². The zero-order chi connectivity index (χ0) is 25.0. The van der Waals surface area contributed by atoms with Crippen molar-refractivity contribution in [2.24, 2.45) is 0 Å². The minimum Gasteiger partial charge on any atom is -0.462 e. The highest BCUT2D eigenvalue weighted by Crippen LogP contribution is 2.37. The molecular weight excluding hydrogens is 508 g/mol. The van der Waals surface area contributed by atoms with Crippen LogP contribution in [-0.2, 0) is 19.6 Å². The van der Waals surface area contributed by atoms with Crippen LogP contribution in [0.25, 0.3) is 11.1 Å². The van der Waals surface area contributed by atoms with Crippen LogP contribution in [0.4, 0.5) is 5.00 Å². The lowest BCUT2D eigenvalue weighted by molar-refractivity contribution is -0.120. The summed E-state index contributed by atoms with van der Waals surface area (Å²) in [7, 11) is -3.91. The zero-order valence-corrected chi connectivity index (χ0v) is 21.5. The van der Waals surface area contributed by atoms with Crippen molar-refractivity contribution in [1.82, 2.24) is 4.31 Å². The van der Waals surface area contributed by atoms with Gasteiger partial charge in [0.15, 0.2) is 0 Å². The molecule has 184 valence electrons. The number of nitrogens with one attached hydrogen (secondary N) is 1. The lowest BCUT2D eigenvalue weighted by Gasteiger charge is -2.33. The van der Waals surface area contributed by atoms with Gasteiger partial charge >= 0.3 is 5.97 Å². The summed E-state index contributed by atoms with van der Waals surface area (Å²) in [5, 5.41) is 5.38. The number of halogens is 1. The van der Waals surface area contributed by atoms with Gasteiger partial charge in [0.1, 0.15) is 16.6 Å². The molecule has 10 heteroatoms. The van der Waals surface area contributed by atoms with Crippen LogP contribution >= 0.6 is 22.9 Å². The third kappa shape index (κ3) is 5.43. The Kier molecular flexibility index (Phi) is 7.91. The van der Waals surface area contributed by atoms with Crippen molar-refractivity contribution in [3.8, 4) is 11.1 Å². The predicted molar refractivity (Wildman–Crippen MR) is 137 cm³/mol. The van der Waals surface area contributed by atoms with Crippen molar-refractivity contribution in [2.75, 3.05) is 18.5 Å². The van der Waals surface area contributed by atoms with E-state index in [9.17, 15) is 18.0 Å². The van der Waals surface area contributed by atoms with Crippen LogP contribution in [0.15, 0.2) is 64.9 Å². The van der Waals surface area contributed by atoms with Gasteiger partial charge in [-0.3, -0.25) is 4.79 Å². The topological polar surface area (TPSA) is 92.8 Å². The number of amides is 1. The number of carbonyl (C=O) groups is 2. The van der Waals surface area contributed by atoms with Crippen molar-refractivity contribution in [3.63, 3.8) is 0 Å². The van der Waals surface area contributed by atoms with Crippen molar-refractivity contribution in [2.45, 2.75) is 37.1 Å². The SMILES string of the molecule is CCOC(=O)c1c(-c2ccccc2)csc1NC(=O)[C@H]1CCCCN1S(=O)(=O)c1ccc(Cl)cc1. The standard InChI is InChI=1S/C25H25ClN2O5S2/c1-2-33-25(30)22-20(17-8-4-3-5-9-17)16-34-24(22)27-23(29)21-10-6-7-15-28(21)35(31,32)19-13-11-18(26)12-14-19/h3-5,8-9,11-14,16,21H,2,6-7,10,15H2,1H3,(H,27,29)/t21-/m1/s1. The van der Waals surface area contributed by atoms with Crippen LogP contribution in [0.3, 0.4) is 0 Å². The largest absolute Gasteiger partial charge is 0.462 e. The van der Waals surface area contributed by atoms with Crippen molar-refractivity contribution in [1.29, 1.82) is 0 Å². The number of esters is 1. The van der Waals surface area contributed by atoms with Gasteiger partial charge in [-0.2, -0.15) is 4.31 Å². The van der Waals surface area contributed by atoms with Gasteiger partial charge in [0.05, 0.1) is 11.5 Å². The van der Waals surface area contributed by atoms with E-state index in [1.807, 2.05) is 30.3 Å². The summed E-state index contributed by atoms with van der Waals surface area (Å²) in [4.78, 5) is 26.3. The molecule has 0 saturated carbocycles. The number of carbonyl (C=O) groups excluding carboxylic acids is 2. The van der Waals surface area contributed by atoms with E-state index in [4.69, 9.17) is 16.3 Å². The maximum Gasteiger partial charge on any atom is 0.341 e. The Morgan fingerprint density at radius 3 is 2.51 bits per heavy atom. The Morgan fingerprint density at radius 2 is 1.83 bits per heavy atom. The second-order valence-electron chi connectivity index (χ2n) is 8.01. The lowest BCUT2D eigenvalue weighted by Crippen LogP contribution is -2.49. The summed E-state index contributed by atoms with van der Waals surface area (Å²) in [5.74, 6) is -1.02. The Hall–Kier alpha value is -2.72. The highest BCUT2D eigenvalue weighted by atomic mass is 35.5. The van der Waals surface area contributed by atoms with E-state index in [0.29, 0.717) is 28.4 Å². The monoisotopic (exact) mass is 532 g/mol. The number of hydrogen-bond donors (Lipinski definition) is 1. The van der Waals surface area contributed by atoms with Crippen LogP contribution in [-0.4, -0.2) is 43.8 Å². The number of sulfonamides is 1. The number of thiophene rings is 1. The van der Waals surface area contributed by atoms with Crippen LogP contribution in [0.2, 0.25) is 5.02 Å². The maximum absolute atomic E-state index is 13.4. The Balaban J connectivity index is 1.65. The molecule has 0 spiro atoms. The summed E-state index contributed by atoms with van der Waals surface area (Å²) in [6.07, 6.45) is 1.75. The van der Waals surface area contributed by atoms with Crippen molar-refractivity contribution >= 4 is 49.8 Å². The molecular formula is C25H25ClN2O5S2. The van der Waals surface area contributed by atoms with E-state index >= 15 is 0 Å². The molecule has 0 radical (unpaired) electrons. The molecule has 1 saturated heterocycles. The second kappa shape index (κ2) is 10.9. The van der Waals surface area contributed by atoms with Gasteiger partial charge in [0, 0.05) is 22.5 Å². The third-order valence-corrected chi connectivity index (χ3v) is 8.84. The molecule has 1 N–H and O–H groups in total. The first-order valence-electron chi connectivity index (χ1n) is 11.2. The molecule has 1 fully saturated rings. The molecule has 1 amide bonds. The second-order valence-corrected chi connectivity index (χ2v) is 11.2. The van der Waals surface area contributed by atoms with E-state index in [1.54, 1.807) is 12.3 Å². The normalized spacial score (nSPS) is 16.6. The lowest BCUT2D eigenvalue weighted by atomic mass is 10.0. The average Bonchev–Trinajstić information content (AvgIpc) is 3.28. The highest BCUT2D eigenvalue weighted by Gasteiger charge is 2.38. The summed E-state index contributed by atoms with van der Waals surface area (Å²) in [5.41, 5.74) is 1.73. The van der Waals surface area contributed by atoms with Gasteiger partial charge in [-0.25, -0.2) is 13.2 Å². The van der Waals surface area contributed by atoms with E-state index in [-0.39, 0.29) is 23.6 Å². The fourth-order valence-electron chi connectivity index (χ4n) is 4.08. The molecule has 7 nitrogen and oxygen atoms in total. The smallest absolute Gasteiger partial charge is 0.341 e. The fraction of sp³-hybridized carbons (Fsp3) is 0.280. The molecule has 0 aliphatic carbocycles. The van der Waals surface area contributed by atoms with Gasteiger partial charge in [-0.15, -0.1) is 11.3 Å². The van der Waals surface area contributed by atoms with Gasteiger partial charge in [-0.1, -0.05) is 48.4 Å². The van der Waals surface area contributed by atoms with Crippen LogP contribution in [0.1, 0.15) is 36.5 Å². The first-order valence-corrected chi connectivity index (χ1v) is 13.9. The van der Waals surface area contributed by atoms with E-state index in [0.717, 1.165) is 12.0 Å². The summed E-state index contributed by atoms with van der Waals surface area (Å²) < 4.78 is 33.2. The quantitative estimate of drug-likeness (QED) is 0.410. The molecule has 1 aliphatic rings. The summed E-state index contributed by atoms with van der Waals surface area (Å²) in [6.45, 7) is 2.13. The molecule has 4 rings (SSSR count). The number of rotatable bonds is 7. The zero-order valence-electron chi connectivity index (χ0n) is 19.1. The molecule has 35 heavy (non-hydrogen) atoms. The van der Waals surface area contributed by atoms with Gasteiger partial charge < -0.3 is 10.1 Å². The highest BCUT2D eigenvalue weighted by molar-refractivity contribution is 7.89. The minimum absolute atomic E-state index is 0.0799. The maximum atomic E-state index is 13.4. The minimum atomic E-state index is -3.91. The van der Waals surface area contributed by atoms with Gasteiger partial charge in [0.25, 0.3) is 0 Å². The molecule has 2 aromatic carbocycles. The average molecular weight is 533 g/mol. The first-order chi connectivity index (χ1) is 16.8. The number of hydrogen-bond acceptors (Lipinski definition) is 6. The molecule has 1 aliphatic heterocycles. The third-order valence-electron chi connectivity index (χ3n) is 5.77. The van der Waals surface area contributed by atoms with Crippen molar-refractivity contribution < 1.29 is 22.7 Å². The molecule has 1 atom stereocenters. The van der Waals surface area contributed by atoms with Crippen LogP contribution in [0, 0.1) is 0 Å². The number of benzene rings is 2. The Labute approximate surface area is 213 Å². The van der Waals surface area contributed by atoms with E-state index in [1.165, 1.54) is 39.9 Å². The molecule has 0 unspecified atom stereocenters. The molecule has 2 heterocycles. The van der Waals surface area contributed by atoms with Gasteiger partial charge in [0.2, 0.25) is 15.9 Å². The van der Waals surface area contributed by atoms with Crippen LogP contribution < -0.4 is 5.32 Å². The van der Waals surface area contributed by atoms with E-state index < -0.39 is 27.9 Å². The Bertz CT molecular complexity index is 1310. The number of ether oxygens (including phenoxy) is 1. The number of nitrogens with zero attached hydrogens (tertiary/aromatic N) is 1. The van der Waals surface area contributed by atoms with E-state index in [2.05, 4.69) is 5.32 Å². The summed E-state index contributed by atoms with van der Waals surface area (Å²) >= 11 is 7.13. The summed E-state index contributed by atoms with van der Waals surface area (Å²) in [6, 6.07) is 14.3. The molecule has 1 aromatic heterocycles. The van der Waals surface area contributed by atoms with Crippen molar-refractivity contribution in [3.05, 3.63) is 70.6 Å². The van der Waals surface area contributed by atoms with Gasteiger partial charge in [-0.05, 0) is 49.6 Å². The fourth-order valence-corrected chi connectivity index (χ4v) is 6.82. The first kappa shape index (κ1) is 25.4. The predicted octanol–water partition coefficient (Wildman–Crippen LogP) is 5.43.